The molecule has 0 amide bonds. The molecule has 0 aliphatic heterocycles. The quantitative estimate of drug-likeness (QED) is 0.441. The number of unbranched alkanes of at least 4 members (excludes halogenated alkanes) is 5. The fourth-order valence-corrected chi connectivity index (χ4v) is 2.02. The lowest BCUT2D eigenvalue weighted by molar-refractivity contribution is -0.123. The van der Waals surface area contributed by atoms with Gasteiger partial charge in [0.2, 0.25) is 0 Å². The van der Waals surface area contributed by atoms with Crippen molar-refractivity contribution in [3.63, 3.8) is 0 Å². The zero-order valence-corrected chi connectivity index (χ0v) is 11.8. The van der Waals surface area contributed by atoms with E-state index in [1.807, 2.05) is 13.8 Å². The molecule has 0 saturated carbocycles. The Bertz CT molecular complexity index is 246. The van der Waals surface area contributed by atoms with Gasteiger partial charge in [-0.15, -0.1) is 0 Å². The number of ketones is 1. The summed E-state index contributed by atoms with van der Waals surface area (Å²) in [5.41, 5.74) is 0.727. The molecule has 3 nitrogen and oxygen atoms in total. The van der Waals surface area contributed by atoms with Crippen LogP contribution < -0.4 is 0 Å². The van der Waals surface area contributed by atoms with Crippen molar-refractivity contribution in [1.82, 2.24) is 0 Å². The summed E-state index contributed by atoms with van der Waals surface area (Å²) in [6, 6.07) is 0. The van der Waals surface area contributed by atoms with Gasteiger partial charge in [0, 0.05) is 6.61 Å². The van der Waals surface area contributed by atoms with Gasteiger partial charge in [0.05, 0.1) is 0 Å². The summed E-state index contributed by atoms with van der Waals surface area (Å²) < 4.78 is 0. The van der Waals surface area contributed by atoms with Gasteiger partial charge < -0.3 is 10.2 Å². The maximum absolute atomic E-state index is 11.8. The van der Waals surface area contributed by atoms with E-state index in [9.17, 15) is 9.90 Å². The zero-order chi connectivity index (χ0) is 13.8. The van der Waals surface area contributed by atoms with Crippen molar-refractivity contribution in [1.29, 1.82) is 0 Å². The molecule has 0 radical (unpaired) electrons. The van der Waals surface area contributed by atoms with Crippen LogP contribution in [0.2, 0.25) is 0 Å². The van der Waals surface area contributed by atoms with Gasteiger partial charge in [-0.25, -0.2) is 0 Å². The fourth-order valence-electron chi connectivity index (χ4n) is 2.02. The van der Waals surface area contributed by atoms with Gasteiger partial charge in [-0.2, -0.15) is 0 Å². The Morgan fingerprint density at radius 1 is 1.11 bits per heavy atom. The molecule has 0 spiro atoms. The molecule has 0 aromatic heterocycles. The molecular formula is C15H28O3. The van der Waals surface area contributed by atoms with Crippen LogP contribution in [0.25, 0.3) is 0 Å². The Labute approximate surface area is 111 Å². The average Bonchev–Trinajstić information content (AvgIpc) is 2.38. The van der Waals surface area contributed by atoms with Crippen LogP contribution in [0.1, 0.15) is 65.2 Å². The van der Waals surface area contributed by atoms with Crippen LogP contribution in [0.15, 0.2) is 11.6 Å². The Morgan fingerprint density at radius 2 is 1.67 bits per heavy atom. The molecule has 106 valence electrons. The highest BCUT2D eigenvalue weighted by molar-refractivity contribution is 5.98. The first-order valence-corrected chi connectivity index (χ1v) is 7.15. The molecule has 0 bridgehead atoms. The lowest BCUT2D eigenvalue weighted by atomic mass is 9.99. The third kappa shape index (κ3) is 7.62. The van der Waals surface area contributed by atoms with Crippen LogP contribution in [-0.2, 0) is 4.79 Å². The number of rotatable bonds is 11. The summed E-state index contributed by atoms with van der Waals surface area (Å²) in [7, 11) is 0. The Morgan fingerprint density at radius 3 is 2.17 bits per heavy atom. The monoisotopic (exact) mass is 256 g/mol. The van der Waals surface area contributed by atoms with E-state index in [-0.39, 0.29) is 12.4 Å². The van der Waals surface area contributed by atoms with E-state index in [0.29, 0.717) is 12.8 Å². The molecule has 0 heterocycles. The number of allylic oxidation sites excluding steroid dienone is 1. The highest BCUT2D eigenvalue weighted by Gasteiger charge is 2.16. The van der Waals surface area contributed by atoms with Gasteiger partial charge in [-0.1, -0.05) is 45.1 Å². The maximum atomic E-state index is 11.8. The molecule has 3 heteroatoms. The van der Waals surface area contributed by atoms with E-state index < -0.39 is 6.10 Å². The molecule has 0 rings (SSSR count). The number of aliphatic hydroxyl groups is 2. The van der Waals surface area contributed by atoms with Gasteiger partial charge in [-0.3, -0.25) is 4.79 Å². The van der Waals surface area contributed by atoms with E-state index in [4.69, 9.17) is 5.11 Å². The molecule has 1 unspecified atom stereocenters. The summed E-state index contributed by atoms with van der Waals surface area (Å²) >= 11 is 0. The smallest absolute Gasteiger partial charge is 0.186 e. The SMILES string of the molecule is CC=C(CC)C(=O)C(O)CCCCCCCCO. The van der Waals surface area contributed by atoms with E-state index in [1.165, 1.54) is 0 Å². The summed E-state index contributed by atoms with van der Waals surface area (Å²) in [4.78, 5) is 11.8. The van der Waals surface area contributed by atoms with Gasteiger partial charge in [0.15, 0.2) is 5.78 Å². The molecule has 0 aliphatic carbocycles. The van der Waals surface area contributed by atoms with Crippen molar-refractivity contribution in [3.05, 3.63) is 11.6 Å². The average molecular weight is 256 g/mol. The number of aliphatic hydroxyl groups excluding tert-OH is 2. The summed E-state index contributed by atoms with van der Waals surface area (Å²) in [6.07, 6.45) is 8.35. The second kappa shape index (κ2) is 11.4. The second-order valence-corrected chi connectivity index (χ2v) is 4.68. The van der Waals surface area contributed by atoms with E-state index in [1.54, 1.807) is 6.08 Å². The number of hydrogen-bond acceptors (Lipinski definition) is 3. The highest BCUT2D eigenvalue weighted by atomic mass is 16.3. The van der Waals surface area contributed by atoms with Crippen LogP contribution in [0.5, 0.6) is 0 Å². The predicted molar refractivity (Wildman–Crippen MR) is 74.5 cm³/mol. The molecule has 2 N–H and O–H groups in total. The van der Waals surface area contributed by atoms with Crippen molar-refractivity contribution in [2.24, 2.45) is 0 Å². The summed E-state index contributed by atoms with van der Waals surface area (Å²) in [5.74, 6) is -0.111. The molecule has 0 aliphatic rings. The lowest BCUT2D eigenvalue weighted by Gasteiger charge is -2.11. The van der Waals surface area contributed by atoms with Crippen molar-refractivity contribution in [3.8, 4) is 0 Å². The molecular weight excluding hydrogens is 228 g/mol. The van der Waals surface area contributed by atoms with E-state index in [2.05, 4.69) is 0 Å². The van der Waals surface area contributed by atoms with Gasteiger partial charge in [0.25, 0.3) is 0 Å². The Balaban J connectivity index is 3.64. The normalized spacial score (nSPS) is 13.7. The van der Waals surface area contributed by atoms with Gasteiger partial charge in [-0.05, 0) is 31.8 Å². The van der Waals surface area contributed by atoms with Crippen LogP contribution in [0, 0.1) is 0 Å². The number of carbonyl (C=O) groups excluding carboxylic acids is 1. The van der Waals surface area contributed by atoms with Crippen LogP contribution in [0.3, 0.4) is 0 Å². The first-order chi connectivity index (χ1) is 8.67. The van der Waals surface area contributed by atoms with Crippen molar-refractivity contribution in [2.45, 2.75) is 71.3 Å². The zero-order valence-electron chi connectivity index (χ0n) is 11.8. The largest absolute Gasteiger partial charge is 0.396 e. The molecule has 0 aromatic rings. The fraction of sp³-hybridized carbons (Fsp3) is 0.800. The van der Waals surface area contributed by atoms with Gasteiger partial charge >= 0.3 is 0 Å². The van der Waals surface area contributed by atoms with Crippen molar-refractivity contribution in [2.75, 3.05) is 6.61 Å². The first-order valence-electron chi connectivity index (χ1n) is 7.15. The summed E-state index contributed by atoms with van der Waals surface area (Å²) in [6.45, 7) is 4.04. The molecule has 1 atom stereocenters. The number of Topliss-reactive ketones (excluding diaryl/α,β-unsaturated/α-hetero) is 1. The summed E-state index contributed by atoms with van der Waals surface area (Å²) in [5, 5.41) is 18.4. The lowest BCUT2D eigenvalue weighted by Crippen LogP contribution is -2.21. The first kappa shape index (κ1) is 17.3. The minimum Gasteiger partial charge on any atom is -0.396 e. The molecule has 0 saturated heterocycles. The minimum atomic E-state index is -0.825. The number of carbonyl (C=O) groups is 1. The van der Waals surface area contributed by atoms with Crippen LogP contribution in [0.4, 0.5) is 0 Å². The topological polar surface area (TPSA) is 57.5 Å². The van der Waals surface area contributed by atoms with Crippen LogP contribution in [-0.4, -0.2) is 28.7 Å². The van der Waals surface area contributed by atoms with Crippen molar-refractivity contribution >= 4 is 5.78 Å². The van der Waals surface area contributed by atoms with E-state index >= 15 is 0 Å². The molecule has 0 fully saturated rings. The number of hydrogen-bond donors (Lipinski definition) is 2. The molecule has 0 aromatic carbocycles. The minimum absolute atomic E-state index is 0.111. The third-order valence-corrected chi connectivity index (χ3v) is 3.23. The highest BCUT2D eigenvalue weighted by Crippen LogP contribution is 2.12. The van der Waals surface area contributed by atoms with E-state index in [0.717, 1.165) is 44.1 Å². The van der Waals surface area contributed by atoms with Crippen molar-refractivity contribution < 1.29 is 15.0 Å². The standard InChI is InChI=1S/C15H28O3/c1-3-13(4-2)15(18)14(17)11-9-7-5-6-8-10-12-16/h3,14,16-17H,4-12H2,1-2H3. The predicted octanol–water partition coefficient (Wildman–Crippen LogP) is 3.00. The Hall–Kier alpha value is -0.670. The van der Waals surface area contributed by atoms with Crippen LogP contribution >= 0.6 is 0 Å². The van der Waals surface area contributed by atoms with Gasteiger partial charge in [0.1, 0.15) is 6.10 Å². The third-order valence-electron chi connectivity index (χ3n) is 3.23. The second-order valence-electron chi connectivity index (χ2n) is 4.68. The molecule has 18 heavy (non-hydrogen) atoms. The Kier molecular flexibility index (Phi) is 11.0. The maximum Gasteiger partial charge on any atom is 0.186 e.